The van der Waals surface area contributed by atoms with Crippen molar-refractivity contribution in [2.75, 3.05) is 6.61 Å². The predicted octanol–water partition coefficient (Wildman–Crippen LogP) is 4.75. The van der Waals surface area contributed by atoms with Crippen molar-refractivity contribution in [2.45, 2.75) is 39.2 Å². The van der Waals surface area contributed by atoms with Gasteiger partial charge in [0.2, 0.25) is 0 Å². The summed E-state index contributed by atoms with van der Waals surface area (Å²) in [7, 11) is 0. The highest BCUT2D eigenvalue weighted by Crippen LogP contribution is 2.51. The Kier molecular flexibility index (Phi) is 4.55. The second-order valence-corrected chi connectivity index (χ2v) is 9.22. The molecule has 23 heavy (non-hydrogen) atoms. The number of hydrogen-bond acceptors (Lipinski definition) is 5. The largest absolute Gasteiger partial charge is 0.487 e. The van der Waals surface area contributed by atoms with Crippen LogP contribution in [0.1, 0.15) is 33.6 Å². The van der Waals surface area contributed by atoms with E-state index in [2.05, 4.69) is 26.2 Å². The number of nitrogens with zero attached hydrogens (tertiary/aromatic N) is 1. The number of ether oxygens (including phenoxy) is 2. The molecule has 0 aromatic heterocycles. The van der Waals surface area contributed by atoms with E-state index in [1.807, 2.05) is 20.8 Å². The lowest BCUT2D eigenvalue weighted by atomic mass is 10.0. The number of rotatable bonds is 0. The molecule has 1 amide bonds. The van der Waals surface area contributed by atoms with Gasteiger partial charge < -0.3 is 9.47 Å². The molecule has 1 N–H and O–H groups in total. The summed E-state index contributed by atoms with van der Waals surface area (Å²) in [5.74, 6) is 1.34. The van der Waals surface area contributed by atoms with E-state index in [9.17, 15) is 4.79 Å². The van der Waals surface area contributed by atoms with Gasteiger partial charge >= 0.3 is 6.09 Å². The van der Waals surface area contributed by atoms with Gasteiger partial charge in [-0.3, -0.25) is 5.32 Å². The molecule has 0 aromatic rings. The van der Waals surface area contributed by atoms with Gasteiger partial charge in [-0.1, -0.05) is 23.4 Å². The first-order chi connectivity index (χ1) is 10.7. The van der Waals surface area contributed by atoms with Gasteiger partial charge in [0.25, 0.3) is 0 Å². The highest BCUT2D eigenvalue weighted by Gasteiger charge is 2.35. The summed E-state index contributed by atoms with van der Waals surface area (Å²) in [5.41, 5.74) is 2.20. The van der Waals surface area contributed by atoms with Crippen LogP contribution in [0.15, 0.2) is 35.8 Å². The van der Waals surface area contributed by atoms with Gasteiger partial charge in [-0.2, -0.15) is 0 Å². The molecule has 3 aliphatic rings. The van der Waals surface area contributed by atoms with Gasteiger partial charge in [0.1, 0.15) is 33.9 Å². The summed E-state index contributed by atoms with van der Waals surface area (Å²) >= 11 is 11.2. The minimum absolute atomic E-state index is 0.508. The van der Waals surface area contributed by atoms with Crippen molar-refractivity contribution in [3.63, 3.8) is 0 Å². The fourth-order valence-electron chi connectivity index (χ4n) is 2.43. The molecule has 124 valence electrons. The lowest BCUT2D eigenvalue weighted by Crippen LogP contribution is -2.36. The molecule has 0 radical (unpaired) electrons. The molecule has 0 saturated carbocycles. The van der Waals surface area contributed by atoms with Crippen LogP contribution in [0, 0.1) is 0 Å². The van der Waals surface area contributed by atoms with E-state index in [4.69, 9.17) is 21.1 Å². The molecular weight excluding hydrogens is 404 g/mol. The topological polar surface area (TPSA) is 59.9 Å². The number of carbonyl (C=O) groups is 1. The summed E-state index contributed by atoms with van der Waals surface area (Å²) in [4.78, 5) is 16.5. The zero-order valence-corrected chi connectivity index (χ0v) is 16.1. The fraction of sp³-hybridized carbons (Fsp3) is 0.467. The third-order valence-electron chi connectivity index (χ3n) is 3.31. The van der Waals surface area contributed by atoms with Crippen LogP contribution in [0.4, 0.5) is 4.79 Å². The van der Waals surface area contributed by atoms with Crippen LogP contribution < -0.4 is 5.32 Å². The van der Waals surface area contributed by atoms with Gasteiger partial charge in [-0.25, -0.2) is 9.79 Å². The molecule has 3 rings (SSSR count). The summed E-state index contributed by atoms with van der Waals surface area (Å²) in [6, 6.07) is 0. The van der Waals surface area contributed by atoms with Gasteiger partial charge in [0, 0.05) is 12.0 Å². The summed E-state index contributed by atoms with van der Waals surface area (Å²) in [5, 5.41) is 2.73. The number of carbonyl (C=O) groups excluding carboxylic acids is 1. The van der Waals surface area contributed by atoms with Crippen molar-refractivity contribution < 1.29 is 14.3 Å². The zero-order valence-electron chi connectivity index (χ0n) is 13.0. The van der Waals surface area contributed by atoms with E-state index in [0.717, 1.165) is 27.1 Å². The Morgan fingerprint density at radius 2 is 2.17 bits per heavy atom. The maximum atomic E-state index is 12.0. The van der Waals surface area contributed by atoms with Crippen LogP contribution in [0.2, 0.25) is 0 Å². The normalized spacial score (nSPS) is 20.8. The van der Waals surface area contributed by atoms with Crippen molar-refractivity contribution in [1.29, 1.82) is 0 Å². The maximum absolute atomic E-state index is 12.0. The van der Waals surface area contributed by atoms with Crippen LogP contribution >= 0.6 is 39.3 Å². The summed E-state index contributed by atoms with van der Waals surface area (Å²) < 4.78 is 12.4. The van der Waals surface area contributed by atoms with E-state index >= 15 is 0 Å². The number of amidine groups is 1. The molecule has 3 heterocycles. The maximum Gasteiger partial charge on any atom is 0.413 e. The summed E-state index contributed by atoms with van der Waals surface area (Å²) in [6.45, 7) is 5.99. The number of hydrogen-bond donors (Lipinski definition) is 1. The second-order valence-electron chi connectivity index (χ2n) is 6.28. The molecule has 0 fully saturated rings. The fourth-order valence-corrected chi connectivity index (χ4v) is 4.54. The van der Waals surface area contributed by atoms with E-state index in [0.29, 0.717) is 28.9 Å². The monoisotopic (exact) mass is 418 g/mol. The number of halogens is 2. The summed E-state index contributed by atoms with van der Waals surface area (Å²) in [6.07, 6.45) is 0.850. The van der Waals surface area contributed by atoms with Crippen molar-refractivity contribution in [3.8, 4) is 0 Å². The Morgan fingerprint density at radius 1 is 1.43 bits per heavy atom. The average molecular weight is 420 g/mol. The average Bonchev–Trinajstić information content (AvgIpc) is 2.74. The van der Waals surface area contributed by atoms with Crippen LogP contribution in [0.25, 0.3) is 0 Å². The SMILES string of the molecule is CC(C)(C)OC(=O)NC1=NC2=C(Cl)SC(Br)=C3OCC(=C23)CC1. The molecule has 0 aliphatic carbocycles. The highest BCUT2D eigenvalue weighted by molar-refractivity contribution is 9.14. The number of aliphatic imine (C=N–C) groups is 1. The van der Waals surface area contributed by atoms with Crippen molar-refractivity contribution >= 4 is 51.2 Å². The Bertz CT molecular complexity index is 704. The van der Waals surface area contributed by atoms with Crippen LogP contribution in [-0.2, 0) is 9.47 Å². The first kappa shape index (κ1) is 16.9. The Labute approximate surface area is 152 Å². The Hall–Kier alpha value is -0.920. The predicted molar refractivity (Wildman–Crippen MR) is 95.4 cm³/mol. The Balaban J connectivity index is 1.86. The minimum Gasteiger partial charge on any atom is -0.487 e. The molecule has 3 aliphatic heterocycles. The number of thioether (sulfide) groups is 1. The van der Waals surface area contributed by atoms with Crippen LogP contribution in [0.5, 0.6) is 0 Å². The molecular formula is C15H16BrClN2O3S. The van der Waals surface area contributed by atoms with E-state index in [1.54, 1.807) is 0 Å². The smallest absolute Gasteiger partial charge is 0.413 e. The minimum atomic E-state index is -0.554. The lowest BCUT2D eigenvalue weighted by Gasteiger charge is -2.20. The number of alkyl carbamates (subject to hydrolysis) is 1. The molecule has 0 bridgehead atoms. The standard InChI is InChI=1S/C15H16BrClN2O3S/c1-15(2,3)22-14(20)19-8-5-4-7-6-21-11-9(7)10(18-8)13(17)23-12(11)16/h4-6H2,1-3H3,(H,18,19,20). The molecule has 5 nitrogen and oxygen atoms in total. The van der Waals surface area contributed by atoms with Crippen molar-refractivity contribution in [1.82, 2.24) is 5.32 Å². The molecule has 0 saturated heterocycles. The second kappa shape index (κ2) is 6.18. The molecule has 0 spiro atoms. The molecule has 8 heteroatoms. The van der Waals surface area contributed by atoms with Crippen molar-refractivity contribution in [2.24, 2.45) is 4.99 Å². The van der Waals surface area contributed by atoms with E-state index < -0.39 is 11.7 Å². The molecule has 0 unspecified atom stereocenters. The van der Waals surface area contributed by atoms with E-state index in [1.165, 1.54) is 11.8 Å². The first-order valence-electron chi connectivity index (χ1n) is 7.15. The van der Waals surface area contributed by atoms with Gasteiger partial charge in [-0.15, -0.1) is 0 Å². The van der Waals surface area contributed by atoms with Crippen LogP contribution in [0.3, 0.4) is 0 Å². The van der Waals surface area contributed by atoms with E-state index in [-0.39, 0.29) is 0 Å². The lowest BCUT2D eigenvalue weighted by molar-refractivity contribution is 0.0562. The van der Waals surface area contributed by atoms with Crippen molar-refractivity contribution in [3.05, 3.63) is 30.8 Å². The third kappa shape index (κ3) is 3.61. The third-order valence-corrected chi connectivity index (χ3v) is 5.30. The molecule has 0 aromatic carbocycles. The quantitative estimate of drug-likeness (QED) is 0.615. The highest BCUT2D eigenvalue weighted by atomic mass is 79.9. The number of amides is 1. The first-order valence-corrected chi connectivity index (χ1v) is 9.14. The Morgan fingerprint density at radius 3 is 2.87 bits per heavy atom. The van der Waals surface area contributed by atoms with Gasteiger partial charge in [-0.05, 0) is 48.7 Å². The van der Waals surface area contributed by atoms with Gasteiger partial charge in [0.05, 0.1) is 3.81 Å². The zero-order chi connectivity index (χ0) is 16.8. The van der Waals surface area contributed by atoms with Gasteiger partial charge in [0.15, 0.2) is 0 Å². The van der Waals surface area contributed by atoms with Crippen LogP contribution in [-0.4, -0.2) is 24.1 Å². The number of nitrogens with one attached hydrogen (secondary N) is 1. The molecule has 0 atom stereocenters.